The van der Waals surface area contributed by atoms with Crippen LogP contribution in [0, 0.1) is 18.8 Å². The summed E-state index contributed by atoms with van der Waals surface area (Å²) >= 11 is 5.05. The number of hydrogen-bond acceptors (Lipinski definition) is 5. The lowest BCUT2D eigenvalue weighted by Gasteiger charge is -2.43. The van der Waals surface area contributed by atoms with Crippen LogP contribution >= 0.6 is 27.3 Å². The number of carbonyl (C=O) groups is 1. The van der Waals surface area contributed by atoms with Crippen molar-refractivity contribution >= 4 is 38.9 Å². The first-order valence-electron chi connectivity index (χ1n) is 9.23. The van der Waals surface area contributed by atoms with E-state index in [1.165, 1.54) is 11.3 Å². The maximum Gasteiger partial charge on any atom is 0.340 e. The standard InChI is InChI=1S/C22H24BrNO3S/c1-6-27-21(26)15-9-10-28-17(15)8-7-14-16(23)11-12(2)19-18(14)13(3)20(25)22(4,5)24-19/h9-11,13,20,24-25H,6H2,1-5H3/t13-,20+/m0/s1. The van der Waals surface area contributed by atoms with Crippen molar-refractivity contribution in [1.29, 1.82) is 0 Å². The van der Waals surface area contributed by atoms with Gasteiger partial charge in [-0.25, -0.2) is 4.79 Å². The van der Waals surface area contributed by atoms with Crippen molar-refractivity contribution in [3.63, 3.8) is 0 Å². The largest absolute Gasteiger partial charge is 0.462 e. The summed E-state index contributed by atoms with van der Waals surface area (Å²) in [6.07, 6.45) is -0.550. The zero-order valence-electron chi connectivity index (χ0n) is 16.6. The second kappa shape index (κ2) is 7.90. The molecule has 0 radical (unpaired) electrons. The molecular formula is C22H24BrNO3S. The first kappa shape index (κ1) is 20.9. The molecule has 4 nitrogen and oxygen atoms in total. The van der Waals surface area contributed by atoms with Crippen LogP contribution < -0.4 is 5.32 Å². The van der Waals surface area contributed by atoms with Gasteiger partial charge in [0.05, 0.1) is 28.7 Å². The number of nitrogens with one attached hydrogen (secondary N) is 1. The van der Waals surface area contributed by atoms with Gasteiger partial charge in [-0.3, -0.25) is 0 Å². The average Bonchev–Trinajstić information content (AvgIpc) is 3.09. The monoisotopic (exact) mass is 461 g/mol. The second-order valence-corrected chi connectivity index (χ2v) is 9.32. The molecule has 0 fully saturated rings. The molecule has 2 aromatic rings. The molecule has 0 saturated carbocycles. The van der Waals surface area contributed by atoms with E-state index in [-0.39, 0.29) is 11.9 Å². The van der Waals surface area contributed by atoms with Gasteiger partial charge in [0.15, 0.2) is 0 Å². The van der Waals surface area contributed by atoms with Crippen LogP contribution in [0.1, 0.15) is 65.5 Å². The summed E-state index contributed by atoms with van der Waals surface area (Å²) in [7, 11) is 0. The van der Waals surface area contributed by atoms with E-state index in [1.54, 1.807) is 13.0 Å². The van der Waals surface area contributed by atoms with Gasteiger partial charge in [-0.1, -0.05) is 12.8 Å². The van der Waals surface area contributed by atoms with Crippen LogP contribution in [0.3, 0.4) is 0 Å². The van der Waals surface area contributed by atoms with Crippen LogP contribution in [0.4, 0.5) is 5.69 Å². The molecule has 2 N–H and O–H groups in total. The number of benzene rings is 1. The summed E-state index contributed by atoms with van der Waals surface area (Å²) in [5.74, 6) is 5.94. The third-order valence-electron chi connectivity index (χ3n) is 5.09. The van der Waals surface area contributed by atoms with Gasteiger partial charge in [0, 0.05) is 21.6 Å². The van der Waals surface area contributed by atoms with Crippen molar-refractivity contribution in [2.75, 3.05) is 11.9 Å². The molecule has 0 amide bonds. The van der Waals surface area contributed by atoms with Crippen molar-refractivity contribution in [2.24, 2.45) is 0 Å². The van der Waals surface area contributed by atoms with Crippen molar-refractivity contribution in [1.82, 2.24) is 0 Å². The van der Waals surface area contributed by atoms with E-state index in [9.17, 15) is 9.90 Å². The number of aryl methyl sites for hydroxylation is 1. The summed E-state index contributed by atoms with van der Waals surface area (Å²) in [6.45, 7) is 10.2. The van der Waals surface area contributed by atoms with Crippen molar-refractivity contribution in [3.8, 4) is 11.8 Å². The van der Waals surface area contributed by atoms with Gasteiger partial charge in [-0.15, -0.1) is 11.3 Å². The minimum Gasteiger partial charge on any atom is -0.462 e. The summed E-state index contributed by atoms with van der Waals surface area (Å²) in [6, 6.07) is 3.78. The number of fused-ring (bicyclic) bond motifs is 1. The molecule has 1 aliphatic heterocycles. The highest BCUT2D eigenvalue weighted by Crippen LogP contribution is 2.44. The molecule has 0 spiro atoms. The van der Waals surface area contributed by atoms with Crippen LogP contribution in [0.5, 0.6) is 0 Å². The Hall–Kier alpha value is -1.81. The molecule has 2 heterocycles. The zero-order chi connectivity index (χ0) is 20.6. The van der Waals surface area contributed by atoms with E-state index in [0.29, 0.717) is 17.0 Å². The number of hydrogen-bond donors (Lipinski definition) is 2. The Kier molecular flexibility index (Phi) is 5.90. The number of aliphatic hydroxyl groups is 1. The maximum atomic E-state index is 12.1. The predicted octanol–water partition coefficient (Wildman–Crippen LogP) is 5.06. The number of aliphatic hydroxyl groups excluding tert-OH is 1. The molecule has 0 unspecified atom stereocenters. The van der Waals surface area contributed by atoms with E-state index in [4.69, 9.17) is 4.74 Å². The van der Waals surface area contributed by atoms with Crippen molar-refractivity contribution in [3.05, 3.63) is 49.1 Å². The highest BCUT2D eigenvalue weighted by molar-refractivity contribution is 9.10. The molecule has 3 rings (SSSR count). The Morgan fingerprint density at radius 1 is 1.43 bits per heavy atom. The number of thiophene rings is 1. The molecule has 1 aliphatic rings. The minimum absolute atomic E-state index is 0.0837. The van der Waals surface area contributed by atoms with Gasteiger partial charge in [0.2, 0.25) is 0 Å². The van der Waals surface area contributed by atoms with Gasteiger partial charge < -0.3 is 15.2 Å². The highest BCUT2D eigenvalue weighted by Gasteiger charge is 2.40. The fourth-order valence-electron chi connectivity index (χ4n) is 3.62. The first-order valence-corrected chi connectivity index (χ1v) is 10.9. The van der Waals surface area contributed by atoms with E-state index in [1.807, 2.05) is 39.1 Å². The number of ether oxygens (including phenoxy) is 1. The summed E-state index contributed by atoms with van der Waals surface area (Å²) in [5.41, 5.74) is 4.01. The van der Waals surface area contributed by atoms with Gasteiger partial charge >= 0.3 is 5.97 Å². The molecule has 0 aliphatic carbocycles. The smallest absolute Gasteiger partial charge is 0.340 e. The van der Waals surface area contributed by atoms with Gasteiger partial charge in [-0.2, -0.15) is 0 Å². The molecule has 1 aromatic heterocycles. The normalized spacial score (nSPS) is 19.8. The number of esters is 1. The van der Waals surface area contributed by atoms with Gasteiger partial charge in [-0.05, 0) is 78.2 Å². The molecule has 2 atom stereocenters. The van der Waals surface area contributed by atoms with E-state index >= 15 is 0 Å². The number of halogens is 1. The lowest BCUT2D eigenvalue weighted by molar-refractivity contribution is 0.0526. The first-order chi connectivity index (χ1) is 13.2. The quantitative estimate of drug-likeness (QED) is 0.484. The lowest BCUT2D eigenvalue weighted by Crippen LogP contribution is -2.50. The molecule has 0 saturated heterocycles. The topological polar surface area (TPSA) is 58.6 Å². The van der Waals surface area contributed by atoms with E-state index in [2.05, 4.69) is 33.1 Å². The van der Waals surface area contributed by atoms with Gasteiger partial charge in [0.25, 0.3) is 0 Å². The lowest BCUT2D eigenvalue weighted by atomic mass is 9.76. The molecule has 1 aromatic carbocycles. The highest BCUT2D eigenvalue weighted by atomic mass is 79.9. The maximum absolute atomic E-state index is 12.1. The van der Waals surface area contributed by atoms with Crippen LogP contribution in [0.25, 0.3) is 0 Å². The van der Waals surface area contributed by atoms with Crippen LogP contribution in [0.15, 0.2) is 22.0 Å². The summed E-state index contributed by atoms with van der Waals surface area (Å²) < 4.78 is 5.99. The Bertz CT molecular complexity index is 984. The Balaban J connectivity index is 2.11. The Morgan fingerprint density at radius 2 is 2.14 bits per heavy atom. The number of rotatable bonds is 2. The average molecular weight is 462 g/mol. The molecule has 0 bridgehead atoms. The fourth-order valence-corrected chi connectivity index (χ4v) is 5.01. The van der Waals surface area contributed by atoms with Crippen LogP contribution in [-0.4, -0.2) is 29.3 Å². The molecule has 28 heavy (non-hydrogen) atoms. The Labute approximate surface area is 178 Å². The minimum atomic E-state index is -0.550. The second-order valence-electron chi connectivity index (χ2n) is 7.55. The third kappa shape index (κ3) is 3.71. The van der Waals surface area contributed by atoms with E-state index < -0.39 is 11.6 Å². The van der Waals surface area contributed by atoms with Crippen LogP contribution in [0.2, 0.25) is 0 Å². The van der Waals surface area contributed by atoms with Crippen molar-refractivity contribution in [2.45, 2.75) is 52.2 Å². The fraction of sp³-hybridized carbons (Fsp3) is 0.409. The number of anilines is 1. The summed E-state index contributed by atoms with van der Waals surface area (Å²) in [4.78, 5) is 12.8. The van der Waals surface area contributed by atoms with Crippen molar-refractivity contribution < 1.29 is 14.6 Å². The van der Waals surface area contributed by atoms with Crippen LogP contribution in [-0.2, 0) is 4.74 Å². The SMILES string of the molecule is CCOC(=O)c1ccsc1C#Cc1c(Br)cc(C)c2c1[C@H](C)[C@@H](O)C(C)(C)N2. The predicted molar refractivity (Wildman–Crippen MR) is 117 cm³/mol. The molecule has 6 heteroatoms. The van der Waals surface area contributed by atoms with E-state index in [0.717, 1.165) is 26.9 Å². The molecular weight excluding hydrogens is 438 g/mol. The number of carbonyl (C=O) groups excluding carboxylic acids is 1. The third-order valence-corrected chi connectivity index (χ3v) is 6.55. The Morgan fingerprint density at radius 3 is 2.82 bits per heavy atom. The zero-order valence-corrected chi connectivity index (χ0v) is 19.0. The van der Waals surface area contributed by atoms with Gasteiger partial charge in [0.1, 0.15) is 0 Å². The summed E-state index contributed by atoms with van der Waals surface area (Å²) in [5, 5.41) is 16.1. The molecule has 148 valence electrons.